The molecule has 2 atom stereocenters. The summed E-state index contributed by atoms with van der Waals surface area (Å²) in [5, 5.41) is 11.1. The van der Waals surface area contributed by atoms with E-state index in [0.717, 1.165) is 18.5 Å². The van der Waals surface area contributed by atoms with Crippen LogP contribution in [-0.2, 0) is 0 Å². The van der Waals surface area contributed by atoms with Crippen molar-refractivity contribution in [2.24, 2.45) is 11.7 Å². The minimum atomic E-state index is -0.321. The van der Waals surface area contributed by atoms with Crippen LogP contribution in [0.2, 0.25) is 0 Å². The second kappa shape index (κ2) is 4.94. The van der Waals surface area contributed by atoms with E-state index in [2.05, 4.69) is 6.92 Å². The summed E-state index contributed by atoms with van der Waals surface area (Å²) in [6.45, 7) is 5.59. The van der Waals surface area contributed by atoms with Crippen molar-refractivity contribution in [1.29, 1.82) is 0 Å². The molecule has 0 aliphatic carbocycles. The fraction of sp³-hybridized carbons (Fsp3) is 0.538. The molecule has 1 heterocycles. The van der Waals surface area contributed by atoms with Crippen molar-refractivity contribution in [2.75, 3.05) is 18.0 Å². The maximum Gasteiger partial charge on any atom is 0.292 e. The summed E-state index contributed by atoms with van der Waals surface area (Å²) >= 11 is 0. The van der Waals surface area contributed by atoms with Crippen LogP contribution in [0.1, 0.15) is 18.9 Å². The Labute approximate surface area is 107 Å². The fourth-order valence-electron chi connectivity index (χ4n) is 2.36. The van der Waals surface area contributed by atoms with Crippen LogP contribution in [0, 0.1) is 23.0 Å². The van der Waals surface area contributed by atoms with Crippen LogP contribution < -0.4 is 10.6 Å². The molecule has 0 saturated carbocycles. The Kier molecular flexibility index (Phi) is 3.52. The molecule has 1 saturated heterocycles. The number of hydrogen-bond acceptors (Lipinski definition) is 4. The highest BCUT2D eigenvalue weighted by Gasteiger charge is 2.27. The number of benzene rings is 1. The van der Waals surface area contributed by atoms with Gasteiger partial charge in [0.15, 0.2) is 0 Å². The highest BCUT2D eigenvalue weighted by atomic mass is 16.6. The van der Waals surface area contributed by atoms with Crippen molar-refractivity contribution < 1.29 is 4.92 Å². The van der Waals surface area contributed by atoms with E-state index >= 15 is 0 Å². The smallest absolute Gasteiger partial charge is 0.292 e. The molecule has 0 bridgehead atoms. The SMILES string of the molecule is Cc1ccc([N+](=O)[O-])c(N2CCC(C)C(N)C2)c1. The minimum Gasteiger partial charge on any atom is -0.364 e. The lowest BCUT2D eigenvalue weighted by Gasteiger charge is -2.36. The van der Waals surface area contributed by atoms with Gasteiger partial charge in [0.05, 0.1) is 4.92 Å². The number of piperidine rings is 1. The van der Waals surface area contributed by atoms with Crippen LogP contribution in [0.15, 0.2) is 18.2 Å². The van der Waals surface area contributed by atoms with Crippen molar-refractivity contribution >= 4 is 11.4 Å². The number of nitro benzene ring substituents is 1. The van der Waals surface area contributed by atoms with E-state index in [0.29, 0.717) is 18.2 Å². The van der Waals surface area contributed by atoms with Crippen LogP contribution in [0.5, 0.6) is 0 Å². The number of aryl methyl sites for hydroxylation is 1. The monoisotopic (exact) mass is 249 g/mol. The first-order chi connectivity index (χ1) is 8.49. The summed E-state index contributed by atoms with van der Waals surface area (Å²) in [6, 6.07) is 5.31. The van der Waals surface area contributed by atoms with E-state index in [-0.39, 0.29) is 16.7 Å². The van der Waals surface area contributed by atoms with Gasteiger partial charge in [0.1, 0.15) is 5.69 Å². The molecule has 1 aliphatic rings. The third-order valence-electron chi connectivity index (χ3n) is 3.68. The third kappa shape index (κ3) is 2.46. The maximum atomic E-state index is 11.1. The molecule has 1 aliphatic heterocycles. The number of nitrogens with two attached hydrogens (primary N) is 1. The van der Waals surface area contributed by atoms with E-state index in [9.17, 15) is 10.1 Å². The van der Waals surface area contributed by atoms with Crippen LogP contribution in [-0.4, -0.2) is 24.1 Å². The van der Waals surface area contributed by atoms with Gasteiger partial charge < -0.3 is 10.6 Å². The molecule has 1 fully saturated rings. The molecule has 2 unspecified atom stereocenters. The maximum absolute atomic E-state index is 11.1. The molecular formula is C13H19N3O2. The molecule has 0 amide bonds. The van der Waals surface area contributed by atoms with Crippen molar-refractivity contribution in [2.45, 2.75) is 26.3 Å². The lowest BCUT2D eigenvalue weighted by molar-refractivity contribution is -0.384. The summed E-state index contributed by atoms with van der Waals surface area (Å²) in [5.74, 6) is 0.477. The van der Waals surface area contributed by atoms with Gasteiger partial charge in [-0.25, -0.2) is 0 Å². The van der Waals surface area contributed by atoms with Gasteiger partial charge in [-0.1, -0.05) is 13.0 Å². The lowest BCUT2D eigenvalue weighted by Crippen LogP contribution is -2.47. The van der Waals surface area contributed by atoms with E-state index in [1.807, 2.05) is 17.9 Å². The quantitative estimate of drug-likeness (QED) is 0.643. The second-order valence-corrected chi connectivity index (χ2v) is 5.13. The molecule has 0 radical (unpaired) electrons. The molecule has 98 valence electrons. The normalized spacial score (nSPS) is 24.1. The van der Waals surface area contributed by atoms with Crippen LogP contribution in [0.3, 0.4) is 0 Å². The van der Waals surface area contributed by atoms with Crippen LogP contribution in [0.25, 0.3) is 0 Å². The molecule has 2 rings (SSSR count). The summed E-state index contributed by atoms with van der Waals surface area (Å²) in [5.41, 5.74) is 7.95. The number of rotatable bonds is 2. The highest BCUT2D eigenvalue weighted by molar-refractivity contribution is 5.64. The highest BCUT2D eigenvalue weighted by Crippen LogP contribution is 2.31. The first-order valence-electron chi connectivity index (χ1n) is 6.24. The molecule has 5 nitrogen and oxygen atoms in total. The number of anilines is 1. The van der Waals surface area contributed by atoms with Gasteiger partial charge in [0, 0.05) is 25.2 Å². The van der Waals surface area contributed by atoms with E-state index in [1.54, 1.807) is 12.1 Å². The lowest BCUT2D eigenvalue weighted by atomic mass is 9.93. The summed E-state index contributed by atoms with van der Waals surface area (Å²) in [4.78, 5) is 12.8. The predicted molar refractivity (Wildman–Crippen MR) is 71.8 cm³/mol. The largest absolute Gasteiger partial charge is 0.364 e. The Morgan fingerprint density at radius 2 is 2.22 bits per heavy atom. The zero-order chi connectivity index (χ0) is 13.3. The zero-order valence-corrected chi connectivity index (χ0v) is 10.8. The van der Waals surface area contributed by atoms with Gasteiger partial charge in [-0.2, -0.15) is 0 Å². The summed E-state index contributed by atoms with van der Waals surface area (Å²) < 4.78 is 0. The summed E-state index contributed by atoms with van der Waals surface area (Å²) in [6.07, 6.45) is 0.978. The average molecular weight is 249 g/mol. The first kappa shape index (κ1) is 12.8. The molecule has 5 heteroatoms. The van der Waals surface area contributed by atoms with E-state index in [4.69, 9.17) is 5.73 Å². The Morgan fingerprint density at radius 1 is 1.50 bits per heavy atom. The molecule has 0 aromatic heterocycles. The van der Waals surface area contributed by atoms with Gasteiger partial charge in [-0.05, 0) is 30.9 Å². The number of nitrogens with zero attached hydrogens (tertiary/aromatic N) is 2. The fourth-order valence-corrected chi connectivity index (χ4v) is 2.36. The molecular weight excluding hydrogens is 230 g/mol. The molecule has 18 heavy (non-hydrogen) atoms. The van der Waals surface area contributed by atoms with Crippen LogP contribution in [0.4, 0.5) is 11.4 Å². The van der Waals surface area contributed by atoms with Gasteiger partial charge in [-0.15, -0.1) is 0 Å². The molecule has 0 spiro atoms. The average Bonchev–Trinajstić information content (AvgIpc) is 2.32. The second-order valence-electron chi connectivity index (χ2n) is 5.13. The number of hydrogen-bond donors (Lipinski definition) is 1. The number of nitro groups is 1. The van der Waals surface area contributed by atoms with E-state index in [1.165, 1.54) is 0 Å². The summed E-state index contributed by atoms with van der Waals surface area (Å²) in [7, 11) is 0. The van der Waals surface area contributed by atoms with Gasteiger partial charge in [0.2, 0.25) is 0 Å². The molecule has 1 aromatic carbocycles. The predicted octanol–water partition coefficient (Wildman–Crippen LogP) is 2.08. The van der Waals surface area contributed by atoms with Crippen molar-refractivity contribution in [3.8, 4) is 0 Å². The first-order valence-corrected chi connectivity index (χ1v) is 6.24. The molecule has 2 N–H and O–H groups in total. The third-order valence-corrected chi connectivity index (χ3v) is 3.68. The minimum absolute atomic E-state index is 0.0823. The zero-order valence-electron chi connectivity index (χ0n) is 10.8. The van der Waals surface area contributed by atoms with Gasteiger partial charge in [-0.3, -0.25) is 10.1 Å². The Hall–Kier alpha value is -1.62. The van der Waals surface area contributed by atoms with Crippen molar-refractivity contribution in [3.63, 3.8) is 0 Å². The Bertz CT molecular complexity index is 462. The Balaban J connectivity index is 2.32. The van der Waals surface area contributed by atoms with Crippen molar-refractivity contribution in [1.82, 2.24) is 0 Å². The van der Waals surface area contributed by atoms with E-state index < -0.39 is 0 Å². The standard InChI is InChI=1S/C13H19N3O2/c1-9-3-4-12(16(17)18)13(7-9)15-6-5-10(2)11(14)8-15/h3-4,7,10-11H,5-6,8,14H2,1-2H3. The topological polar surface area (TPSA) is 72.4 Å². The van der Waals surface area contributed by atoms with Crippen LogP contribution >= 0.6 is 0 Å². The van der Waals surface area contributed by atoms with Gasteiger partial charge >= 0.3 is 0 Å². The van der Waals surface area contributed by atoms with Crippen molar-refractivity contribution in [3.05, 3.63) is 33.9 Å². The Morgan fingerprint density at radius 3 is 2.83 bits per heavy atom. The molecule has 1 aromatic rings. The van der Waals surface area contributed by atoms with Gasteiger partial charge in [0.25, 0.3) is 5.69 Å².